The average molecular weight is 355 g/mol. The molecule has 0 atom stereocenters. The highest BCUT2D eigenvalue weighted by molar-refractivity contribution is 7.90. The lowest BCUT2D eigenvalue weighted by molar-refractivity contribution is -0.199. The second-order valence-electron chi connectivity index (χ2n) is 4.96. The van der Waals surface area contributed by atoms with Crippen LogP contribution in [0, 0.1) is 11.3 Å². The van der Waals surface area contributed by atoms with Gasteiger partial charge in [-0.2, -0.15) is 16.3 Å². The lowest BCUT2D eigenvalue weighted by atomic mass is 10.00. The Morgan fingerprint density at radius 2 is 2.00 bits per heavy atom. The summed E-state index contributed by atoms with van der Waals surface area (Å²) in [5, 5.41) is 13.4. The van der Waals surface area contributed by atoms with Gasteiger partial charge in [-0.3, -0.25) is 0 Å². The summed E-state index contributed by atoms with van der Waals surface area (Å²) in [7, 11) is 0. The summed E-state index contributed by atoms with van der Waals surface area (Å²) < 4.78 is 11.3. The number of benzene rings is 2. The van der Waals surface area contributed by atoms with E-state index in [2.05, 4.69) is 25.5 Å². The van der Waals surface area contributed by atoms with Gasteiger partial charge in [-0.25, -0.2) is 9.67 Å². The molecule has 2 aromatic carbocycles. The van der Waals surface area contributed by atoms with Crippen molar-refractivity contribution in [3.63, 3.8) is 0 Å². The fourth-order valence-electron chi connectivity index (χ4n) is 2.29. The van der Waals surface area contributed by atoms with Crippen LogP contribution in [0.15, 0.2) is 55.1 Å². The van der Waals surface area contributed by atoms with Crippen molar-refractivity contribution >= 4 is 12.3 Å². The van der Waals surface area contributed by atoms with Gasteiger partial charge in [0, 0.05) is 0 Å². The minimum atomic E-state index is 0.538. The standard InChI is InChI=1S/C16H13N5O3S/c17-8-12-5-13(9-21-11-19-10-20-21)7-15(6-12)14-1-3-16(4-2-14)22-25-24-23-18/h1-7,10-11H,9,18H2. The predicted octanol–water partition coefficient (Wildman–Crippen LogP) is 2.63. The lowest BCUT2D eigenvalue weighted by Crippen LogP contribution is -2.00. The Morgan fingerprint density at radius 3 is 2.68 bits per heavy atom. The van der Waals surface area contributed by atoms with Crippen molar-refractivity contribution in [3.8, 4) is 22.9 Å². The zero-order valence-electron chi connectivity index (χ0n) is 12.9. The number of nitriles is 1. The summed E-state index contributed by atoms with van der Waals surface area (Å²) in [6, 6.07) is 15.2. The first kappa shape index (κ1) is 16.9. The third kappa shape index (κ3) is 4.56. The van der Waals surface area contributed by atoms with E-state index >= 15 is 0 Å². The van der Waals surface area contributed by atoms with Gasteiger partial charge < -0.3 is 4.18 Å². The number of nitrogens with zero attached hydrogens (tertiary/aromatic N) is 4. The van der Waals surface area contributed by atoms with Crippen molar-refractivity contribution in [2.75, 3.05) is 0 Å². The maximum absolute atomic E-state index is 9.28. The summed E-state index contributed by atoms with van der Waals surface area (Å²) in [4.78, 5) is 7.86. The molecule has 0 aliphatic rings. The van der Waals surface area contributed by atoms with Crippen LogP contribution in [-0.2, 0) is 15.9 Å². The van der Waals surface area contributed by atoms with Crippen LogP contribution in [0.1, 0.15) is 11.1 Å². The van der Waals surface area contributed by atoms with Crippen LogP contribution < -0.4 is 10.1 Å². The van der Waals surface area contributed by atoms with Crippen LogP contribution >= 0.6 is 12.3 Å². The zero-order valence-corrected chi connectivity index (χ0v) is 13.7. The molecule has 0 radical (unpaired) electrons. The second kappa shape index (κ2) is 8.27. The highest BCUT2D eigenvalue weighted by Gasteiger charge is 2.06. The first-order chi connectivity index (χ1) is 12.3. The van der Waals surface area contributed by atoms with E-state index in [0.29, 0.717) is 30.2 Å². The van der Waals surface area contributed by atoms with E-state index in [4.69, 9.17) is 10.1 Å². The molecule has 9 heteroatoms. The molecule has 0 saturated heterocycles. The number of nitrogens with two attached hydrogens (primary N) is 1. The quantitative estimate of drug-likeness (QED) is 0.298. The zero-order chi connectivity index (χ0) is 17.5. The van der Waals surface area contributed by atoms with E-state index in [1.54, 1.807) is 23.1 Å². The molecule has 0 fully saturated rings. The molecule has 0 bridgehead atoms. The van der Waals surface area contributed by atoms with Gasteiger partial charge in [0.25, 0.3) is 12.3 Å². The monoisotopic (exact) mass is 355 g/mol. The first-order valence-electron chi connectivity index (χ1n) is 7.12. The molecule has 126 valence electrons. The van der Waals surface area contributed by atoms with Gasteiger partial charge in [-0.05, 0) is 47.0 Å². The summed E-state index contributed by atoms with van der Waals surface area (Å²) >= 11 is 0.613. The minimum Gasteiger partial charge on any atom is -0.399 e. The van der Waals surface area contributed by atoms with Gasteiger partial charge in [-0.1, -0.05) is 12.1 Å². The molecule has 0 amide bonds. The summed E-state index contributed by atoms with van der Waals surface area (Å²) in [6.07, 6.45) is 3.11. The van der Waals surface area contributed by atoms with Crippen LogP contribution in [0.25, 0.3) is 11.1 Å². The van der Waals surface area contributed by atoms with Crippen LogP contribution in [-0.4, -0.2) is 14.8 Å². The maximum Gasteiger partial charge on any atom is 0.260 e. The fraction of sp³-hybridized carbons (Fsp3) is 0.0625. The van der Waals surface area contributed by atoms with E-state index < -0.39 is 0 Å². The molecule has 3 aromatic rings. The van der Waals surface area contributed by atoms with Crippen LogP contribution in [0.5, 0.6) is 5.75 Å². The maximum atomic E-state index is 9.28. The molecule has 25 heavy (non-hydrogen) atoms. The molecule has 0 aliphatic heterocycles. The Morgan fingerprint density at radius 1 is 1.16 bits per heavy atom. The summed E-state index contributed by atoms with van der Waals surface area (Å²) in [6.45, 7) is 0.538. The molecule has 2 N–H and O–H groups in total. The number of aromatic nitrogens is 3. The minimum absolute atomic E-state index is 0.538. The van der Waals surface area contributed by atoms with E-state index in [1.165, 1.54) is 6.33 Å². The average Bonchev–Trinajstić information content (AvgIpc) is 3.15. The molecule has 0 aliphatic carbocycles. The van der Waals surface area contributed by atoms with Crippen molar-refractivity contribution in [3.05, 3.63) is 66.2 Å². The molecular formula is C16H13N5O3S. The van der Waals surface area contributed by atoms with Crippen molar-refractivity contribution in [1.82, 2.24) is 14.8 Å². The van der Waals surface area contributed by atoms with Gasteiger partial charge in [0.15, 0.2) is 0 Å². The largest absolute Gasteiger partial charge is 0.399 e. The van der Waals surface area contributed by atoms with E-state index in [0.717, 1.165) is 16.7 Å². The highest BCUT2D eigenvalue weighted by atomic mass is 32.2. The summed E-state index contributed by atoms with van der Waals surface area (Å²) in [5.74, 6) is 5.30. The first-order valence-corrected chi connectivity index (χ1v) is 7.79. The third-order valence-electron chi connectivity index (χ3n) is 3.32. The van der Waals surface area contributed by atoms with Crippen molar-refractivity contribution in [2.45, 2.75) is 6.54 Å². The molecule has 0 spiro atoms. The van der Waals surface area contributed by atoms with Crippen LogP contribution in [0.4, 0.5) is 0 Å². The lowest BCUT2D eigenvalue weighted by Gasteiger charge is -2.08. The van der Waals surface area contributed by atoms with Gasteiger partial charge in [0.1, 0.15) is 18.4 Å². The Balaban J connectivity index is 1.82. The smallest absolute Gasteiger partial charge is 0.260 e. The molecular weight excluding hydrogens is 342 g/mol. The van der Waals surface area contributed by atoms with Crippen molar-refractivity contribution in [1.29, 1.82) is 5.26 Å². The second-order valence-corrected chi connectivity index (χ2v) is 5.40. The number of rotatable bonds is 7. The van der Waals surface area contributed by atoms with Gasteiger partial charge in [0.2, 0.25) is 0 Å². The molecule has 1 heterocycles. The Kier molecular flexibility index (Phi) is 5.61. The third-order valence-corrected chi connectivity index (χ3v) is 3.71. The van der Waals surface area contributed by atoms with Crippen LogP contribution in [0.2, 0.25) is 0 Å². The molecule has 8 nitrogen and oxygen atoms in total. The summed E-state index contributed by atoms with van der Waals surface area (Å²) in [5.41, 5.74) is 3.42. The van der Waals surface area contributed by atoms with Gasteiger partial charge in [0.05, 0.1) is 18.2 Å². The molecule has 1 aromatic heterocycles. The van der Waals surface area contributed by atoms with Crippen LogP contribution in [0.3, 0.4) is 0 Å². The van der Waals surface area contributed by atoms with Gasteiger partial charge >= 0.3 is 0 Å². The Labute approximate surface area is 148 Å². The number of hydrogen-bond acceptors (Lipinski definition) is 8. The molecule has 0 saturated carbocycles. The SMILES string of the molecule is N#Cc1cc(Cn2cncn2)cc(-c2ccc(OSOON)cc2)c1. The van der Waals surface area contributed by atoms with Crippen molar-refractivity contribution in [2.24, 2.45) is 5.90 Å². The highest BCUT2D eigenvalue weighted by Crippen LogP contribution is 2.26. The van der Waals surface area contributed by atoms with E-state index in [-0.39, 0.29) is 0 Å². The fourth-order valence-corrected chi connectivity index (χ4v) is 2.54. The Hall–Kier alpha value is -2.90. The topological polar surface area (TPSA) is 108 Å². The molecule has 0 unspecified atom stereocenters. The predicted molar refractivity (Wildman–Crippen MR) is 90.3 cm³/mol. The number of hydrogen-bond donors (Lipinski definition) is 1. The van der Waals surface area contributed by atoms with Crippen molar-refractivity contribution < 1.29 is 13.5 Å². The van der Waals surface area contributed by atoms with E-state index in [1.807, 2.05) is 30.3 Å². The Bertz CT molecular complexity index is 862. The van der Waals surface area contributed by atoms with Gasteiger partial charge in [-0.15, -0.1) is 9.32 Å². The molecule has 3 rings (SSSR count). The normalized spacial score (nSPS) is 10.4. The van der Waals surface area contributed by atoms with E-state index in [9.17, 15) is 5.26 Å².